The van der Waals surface area contributed by atoms with Crippen LogP contribution in [0.25, 0.3) is 0 Å². The zero-order chi connectivity index (χ0) is 12.3. The van der Waals surface area contributed by atoms with Gasteiger partial charge in [-0.2, -0.15) is 0 Å². The number of aliphatic hydroxyl groups is 1. The molecule has 0 aliphatic rings. The van der Waals surface area contributed by atoms with Gasteiger partial charge in [-0.1, -0.05) is 22.0 Å². The number of benzene rings is 1. The average molecular weight is 287 g/mol. The molecule has 0 aromatic heterocycles. The molecule has 1 rings (SSSR count). The zero-order valence-corrected chi connectivity index (χ0v) is 11.5. The van der Waals surface area contributed by atoms with E-state index in [2.05, 4.69) is 15.9 Å². The number of nitrogens with zero attached hydrogens (tertiary/aromatic N) is 1. The molecular formula is C12H19BrN2O. The maximum absolute atomic E-state index is 9.11. The van der Waals surface area contributed by atoms with Crippen molar-refractivity contribution < 1.29 is 5.11 Å². The van der Waals surface area contributed by atoms with Crippen LogP contribution in [0.4, 0.5) is 5.69 Å². The van der Waals surface area contributed by atoms with Crippen LogP contribution in [0.1, 0.15) is 25.5 Å². The molecular weight excluding hydrogens is 268 g/mol. The minimum Gasteiger partial charge on any atom is -0.394 e. The number of aliphatic hydroxyl groups excluding tert-OH is 1. The maximum atomic E-state index is 9.11. The van der Waals surface area contributed by atoms with Crippen LogP contribution in [-0.4, -0.2) is 24.8 Å². The van der Waals surface area contributed by atoms with Gasteiger partial charge in [-0.05, 0) is 31.5 Å². The van der Waals surface area contributed by atoms with Gasteiger partial charge >= 0.3 is 0 Å². The third-order valence-corrected chi connectivity index (χ3v) is 3.49. The molecule has 0 aliphatic carbocycles. The van der Waals surface area contributed by atoms with Crippen molar-refractivity contribution in [2.75, 3.05) is 18.6 Å². The minimum atomic E-state index is 0.0176. The Morgan fingerprint density at radius 2 is 2.06 bits per heavy atom. The summed E-state index contributed by atoms with van der Waals surface area (Å²) in [7, 11) is 1.97. The molecule has 0 aliphatic heterocycles. The van der Waals surface area contributed by atoms with Crippen LogP contribution in [-0.2, 0) is 0 Å². The third kappa shape index (κ3) is 2.97. The predicted molar refractivity (Wildman–Crippen MR) is 71.7 cm³/mol. The lowest BCUT2D eigenvalue weighted by Crippen LogP contribution is -2.31. The van der Waals surface area contributed by atoms with E-state index in [9.17, 15) is 0 Å². The number of anilines is 1. The number of hydrogen-bond acceptors (Lipinski definition) is 3. The van der Waals surface area contributed by atoms with Crippen LogP contribution in [0.15, 0.2) is 22.7 Å². The van der Waals surface area contributed by atoms with Gasteiger partial charge in [0.1, 0.15) is 0 Å². The zero-order valence-electron chi connectivity index (χ0n) is 9.94. The lowest BCUT2D eigenvalue weighted by molar-refractivity contribution is 0.270. The Kier molecular flexibility index (Phi) is 4.77. The predicted octanol–water partition coefficient (Wildman–Crippen LogP) is 2.29. The Labute approximate surface area is 105 Å². The molecule has 3 nitrogen and oxygen atoms in total. The smallest absolute Gasteiger partial charge is 0.0632 e. The fourth-order valence-electron chi connectivity index (χ4n) is 1.48. The van der Waals surface area contributed by atoms with E-state index in [1.54, 1.807) is 0 Å². The normalized spacial score (nSPS) is 14.6. The van der Waals surface area contributed by atoms with Crippen molar-refractivity contribution in [2.24, 2.45) is 5.73 Å². The van der Waals surface area contributed by atoms with Crippen LogP contribution < -0.4 is 10.6 Å². The lowest BCUT2D eigenvalue weighted by Gasteiger charge is -2.26. The van der Waals surface area contributed by atoms with Crippen molar-refractivity contribution in [3.05, 3.63) is 28.2 Å². The second-order valence-corrected chi connectivity index (χ2v) is 4.99. The Bertz CT molecular complexity index is 355. The van der Waals surface area contributed by atoms with Gasteiger partial charge in [0.05, 0.1) is 6.61 Å². The summed E-state index contributed by atoms with van der Waals surface area (Å²) in [5.74, 6) is 0. The summed E-state index contributed by atoms with van der Waals surface area (Å²) in [5, 5.41) is 9.11. The summed E-state index contributed by atoms with van der Waals surface area (Å²) in [6, 6.07) is 6.20. The topological polar surface area (TPSA) is 49.5 Å². The van der Waals surface area contributed by atoms with E-state index in [1.165, 1.54) is 0 Å². The Morgan fingerprint density at radius 1 is 1.44 bits per heavy atom. The Hall–Kier alpha value is -0.580. The standard InChI is InChI=1S/C12H19BrN2O/c1-8(7-16)15(3)10-4-5-11(9(2)14)12(13)6-10/h4-6,8-9,16H,7,14H2,1-3H3. The summed E-state index contributed by atoms with van der Waals surface area (Å²) in [5.41, 5.74) is 8.00. The van der Waals surface area contributed by atoms with Crippen LogP contribution in [0.3, 0.4) is 0 Å². The fraction of sp³-hybridized carbons (Fsp3) is 0.500. The molecule has 16 heavy (non-hydrogen) atoms. The number of rotatable bonds is 4. The van der Waals surface area contributed by atoms with Gasteiger partial charge in [0.15, 0.2) is 0 Å². The quantitative estimate of drug-likeness (QED) is 0.893. The fourth-order valence-corrected chi connectivity index (χ4v) is 2.21. The Balaban J connectivity index is 2.97. The van der Waals surface area contributed by atoms with Crippen molar-refractivity contribution in [1.82, 2.24) is 0 Å². The SMILES string of the molecule is CC(N)c1ccc(N(C)C(C)CO)cc1Br. The van der Waals surface area contributed by atoms with Gasteiger partial charge in [-0.25, -0.2) is 0 Å². The summed E-state index contributed by atoms with van der Waals surface area (Å²) < 4.78 is 1.01. The van der Waals surface area contributed by atoms with Gasteiger partial charge in [-0.3, -0.25) is 0 Å². The van der Waals surface area contributed by atoms with Crippen LogP contribution in [0.5, 0.6) is 0 Å². The number of nitrogens with two attached hydrogens (primary N) is 1. The van der Waals surface area contributed by atoms with Crippen molar-refractivity contribution >= 4 is 21.6 Å². The maximum Gasteiger partial charge on any atom is 0.0632 e. The first kappa shape index (κ1) is 13.5. The third-order valence-electron chi connectivity index (χ3n) is 2.81. The van der Waals surface area contributed by atoms with Crippen molar-refractivity contribution in [3.63, 3.8) is 0 Å². The molecule has 1 aromatic rings. The van der Waals surface area contributed by atoms with Gasteiger partial charge in [-0.15, -0.1) is 0 Å². The van der Waals surface area contributed by atoms with Crippen molar-refractivity contribution in [2.45, 2.75) is 25.9 Å². The highest BCUT2D eigenvalue weighted by Crippen LogP contribution is 2.27. The molecule has 0 heterocycles. The van der Waals surface area contributed by atoms with E-state index in [-0.39, 0.29) is 18.7 Å². The summed E-state index contributed by atoms with van der Waals surface area (Å²) >= 11 is 3.52. The first-order valence-corrected chi connectivity index (χ1v) is 6.15. The van der Waals surface area contributed by atoms with Crippen molar-refractivity contribution in [3.8, 4) is 0 Å². The Morgan fingerprint density at radius 3 is 2.50 bits per heavy atom. The first-order chi connectivity index (χ1) is 7.47. The lowest BCUT2D eigenvalue weighted by atomic mass is 10.1. The molecule has 2 unspecified atom stereocenters. The molecule has 0 spiro atoms. The molecule has 90 valence electrons. The summed E-state index contributed by atoms with van der Waals surface area (Å²) in [6.07, 6.45) is 0. The van der Waals surface area contributed by atoms with Gasteiger partial charge in [0.2, 0.25) is 0 Å². The number of hydrogen-bond donors (Lipinski definition) is 2. The molecule has 0 radical (unpaired) electrons. The van der Waals surface area contributed by atoms with Crippen LogP contribution in [0, 0.1) is 0 Å². The highest BCUT2D eigenvalue weighted by molar-refractivity contribution is 9.10. The molecule has 0 fully saturated rings. The molecule has 0 bridgehead atoms. The molecule has 1 aromatic carbocycles. The monoisotopic (exact) mass is 286 g/mol. The summed E-state index contributed by atoms with van der Waals surface area (Å²) in [6.45, 7) is 4.08. The minimum absolute atomic E-state index is 0.0176. The van der Waals surface area contributed by atoms with E-state index >= 15 is 0 Å². The van der Waals surface area contributed by atoms with E-state index in [0.29, 0.717) is 0 Å². The van der Waals surface area contributed by atoms with E-state index in [1.807, 2.05) is 44.0 Å². The number of likely N-dealkylation sites (N-methyl/N-ethyl adjacent to an activating group) is 1. The average Bonchev–Trinajstić information content (AvgIpc) is 2.26. The van der Waals surface area contributed by atoms with Gasteiger partial charge in [0, 0.05) is 29.3 Å². The second kappa shape index (κ2) is 5.66. The van der Waals surface area contributed by atoms with E-state index in [0.717, 1.165) is 15.7 Å². The molecule has 4 heteroatoms. The van der Waals surface area contributed by atoms with E-state index < -0.39 is 0 Å². The van der Waals surface area contributed by atoms with Crippen molar-refractivity contribution in [1.29, 1.82) is 0 Å². The summed E-state index contributed by atoms with van der Waals surface area (Å²) in [4.78, 5) is 2.04. The highest BCUT2D eigenvalue weighted by atomic mass is 79.9. The van der Waals surface area contributed by atoms with Crippen LogP contribution >= 0.6 is 15.9 Å². The molecule has 0 saturated carbocycles. The van der Waals surface area contributed by atoms with Crippen LogP contribution in [0.2, 0.25) is 0 Å². The van der Waals surface area contributed by atoms with Gasteiger partial charge < -0.3 is 15.7 Å². The largest absolute Gasteiger partial charge is 0.394 e. The van der Waals surface area contributed by atoms with E-state index in [4.69, 9.17) is 10.8 Å². The molecule has 3 N–H and O–H groups in total. The molecule has 0 amide bonds. The highest BCUT2D eigenvalue weighted by Gasteiger charge is 2.11. The first-order valence-electron chi connectivity index (χ1n) is 5.36. The molecule has 2 atom stereocenters. The van der Waals surface area contributed by atoms with Gasteiger partial charge in [0.25, 0.3) is 0 Å². The second-order valence-electron chi connectivity index (χ2n) is 4.14. The molecule has 0 saturated heterocycles. The number of halogens is 1.